The quantitative estimate of drug-likeness (QED) is 0.795. The van der Waals surface area contributed by atoms with Gasteiger partial charge in [0.15, 0.2) is 5.78 Å². The van der Waals surface area contributed by atoms with Crippen LogP contribution in [0.2, 0.25) is 5.02 Å². The summed E-state index contributed by atoms with van der Waals surface area (Å²) in [5.74, 6) is 1.08. The van der Waals surface area contributed by atoms with E-state index in [-0.39, 0.29) is 17.8 Å². The molecule has 0 aliphatic carbocycles. The van der Waals surface area contributed by atoms with Crippen LogP contribution in [0.15, 0.2) is 24.3 Å². The number of ether oxygens (including phenoxy) is 1. The van der Waals surface area contributed by atoms with E-state index in [0.29, 0.717) is 16.7 Å². The molecule has 1 rings (SSSR count). The minimum Gasteiger partial charge on any atom is -0.486 e. The topological polar surface area (TPSA) is 26.3 Å². The van der Waals surface area contributed by atoms with Crippen LogP contribution < -0.4 is 4.74 Å². The zero-order valence-corrected chi connectivity index (χ0v) is 11.5. The lowest BCUT2D eigenvalue weighted by molar-refractivity contribution is -0.131. The van der Waals surface area contributed by atoms with Crippen LogP contribution in [0.5, 0.6) is 5.75 Å². The SMILES string of the molecule is CC(C)C(C)(C)C(=O)COc1ccc(Cl)cc1. The summed E-state index contributed by atoms with van der Waals surface area (Å²) in [5, 5.41) is 0.659. The molecule has 1 aromatic rings. The molecule has 94 valence electrons. The summed E-state index contributed by atoms with van der Waals surface area (Å²) in [6, 6.07) is 7.01. The summed E-state index contributed by atoms with van der Waals surface area (Å²) in [7, 11) is 0. The summed E-state index contributed by atoms with van der Waals surface area (Å²) < 4.78 is 5.45. The first-order chi connectivity index (χ1) is 7.84. The molecule has 0 aliphatic heterocycles. The normalized spacial score (nSPS) is 11.6. The zero-order valence-electron chi connectivity index (χ0n) is 10.8. The average molecular weight is 255 g/mol. The lowest BCUT2D eigenvalue weighted by atomic mass is 9.78. The van der Waals surface area contributed by atoms with E-state index < -0.39 is 0 Å². The Hall–Kier alpha value is -1.02. The largest absolute Gasteiger partial charge is 0.486 e. The first kappa shape index (κ1) is 14.0. The van der Waals surface area contributed by atoms with Gasteiger partial charge in [0.1, 0.15) is 12.4 Å². The number of carbonyl (C=O) groups excluding carboxylic acids is 1. The summed E-state index contributed by atoms with van der Waals surface area (Å²) in [6.45, 7) is 8.09. The second-order valence-corrected chi connectivity index (χ2v) is 5.48. The lowest BCUT2D eigenvalue weighted by Gasteiger charge is -2.27. The van der Waals surface area contributed by atoms with Gasteiger partial charge in [0, 0.05) is 10.4 Å². The maximum Gasteiger partial charge on any atom is 0.176 e. The molecular weight excluding hydrogens is 236 g/mol. The molecule has 0 aromatic heterocycles. The molecule has 0 heterocycles. The van der Waals surface area contributed by atoms with E-state index in [4.69, 9.17) is 16.3 Å². The Labute approximate surface area is 108 Å². The van der Waals surface area contributed by atoms with Gasteiger partial charge in [-0.3, -0.25) is 4.79 Å². The molecule has 0 amide bonds. The minimum absolute atomic E-state index is 0.104. The molecule has 3 heteroatoms. The molecule has 0 saturated heterocycles. The molecule has 0 aliphatic rings. The second kappa shape index (κ2) is 5.54. The summed E-state index contributed by atoms with van der Waals surface area (Å²) in [6.07, 6.45) is 0. The third-order valence-corrected chi connectivity index (χ3v) is 3.60. The van der Waals surface area contributed by atoms with Crippen molar-refractivity contribution in [3.05, 3.63) is 29.3 Å². The van der Waals surface area contributed by atoms with E-state index in [1.54, 1.807) is 24.3 Å². The fourth-order valence-corrected chi connectivity index (χ4v) is 1.31. The Bertz CT molecular complexity index is 380. The predicted octanol–water partition coefficient (Wildman–Crippen LogP) is 3.97. The third kappa shape index (κ3) is 3.74. The molecule has 17 heavy (non-hydrogen) atoms. The van der Waals surface area contributed by atoms with Gasteiger partial charge < -0.3 is 4.74 Å². The van der Waals surface area contributed by atoms with Crippen molar-refractivity contribution < 1.29 is 9.53 Å². The van der Waals surface area contributed by atoms with Crippen molar-refractivity contribution in [3.63, 3.8) is 0 Å². The standard InChI is InChI=1S/C14H19ClO2/c1-10(2)14(3,4)13(16)9-17-12-7-5-11(15)6-8-12/h5-8,10H,9H2,1-4H3. The van der Waals surface area contributed by atoms with Crippen molar-refractivity contribution in [2.45, 2.75) is 27.7 Å². The van der Waals surface area contributed by atoms with Gasteiger partial charge in [-0.05, 0) is 30.2 Å². The van der Waals surface area contributed by atoms with Crippen LogP contribution in [0.1, 0.15) is 27.7 Å². The number of carbonyl (C=O) groups is 1. The van der Waals surface area contributed by atoms with Gasteiger partial charge in [-0.2, -0.15) is 0 Å². The van der Waals surface area contributed by atoms with Crippen LogP contribution in [0.4, 0.5) is 0 Å². The van der Waals surface area contributed by atoms with Gasteiger partial charge in [0.2, 0.25) is 0 Å². The van der Waals surface area contributed by atoms with Gasteiger partial charge in [0.25, 0.3) is 0 Å². The number of halogens is 1. The number of hydrogen-bond donors (Lipinski definition) is 0. The maximum absolute atomic E-state index is 12.0. The van der Waals surface area contributed by atoms with E-state index in [1.165, 1.54) is 0 Å². The molecule has 0 radical (unpaired) electrons. The highest BCUT2D eigenvalue weighted by Gasteiger charge is 2.31. The molecule has 0 spiro atoms. The molecular formula is C14H19ClO2. The number of hydrogen-bond acceptors (Lipinski definition) is 2. The average Bonchev–Trinajstić information content (AvgIpc) is 2.27. The Kier molecular flexibility index (Phi) is 4.58. The molecule has 0 unspecified atom stereocenters. The fourth-order valence-electron chi connectivity index (χ4n) is 1.19. The van der Waals surface area contributed by atoms with Crippen LogP contribution in [-0.2, 0) is 4.79 Å². The van der Waals surface area contributed by atoms with E-state index in [0.717, 1.165) is 0 Å². The maximum atomic E-state index is 12.0. The molecule has 0 fully saturated rings. The highest BCUT2D eigenvalue weighted by atomic mass is 35.5. The van der Waals surface area contributed by atoms with Gasteiger partial charge >= 0.3 is 0 Å². The van der Waals surface area contributed by atoms with Crippen LogP contribution in [0.25, 0.3) is 0 Å². The first-order valence-electron chi connectivity index (χ1n) is 5.75. The van der Waals surface area contributed by atoms with E-state index in [9.17, 15) is 4.79 Å². The molecule has 0 saturated carbocycles. The van der Waals surface area contributed by atoms with Crippen molar-refractivity contribution in [1.29, 1.82) is 0 Å². The van der Waals surface area contributed by atoms with Crippen molar-refractivity contribution in [2.75, 3.05) is 6.61 Å². The van der Waals surface area contributed by atoms with Gasteiger partial charge in [-0.25, -0.2) is 0 Å². The Morgan fingerprint density at radius 1 is 1.29 bits per heavy atom. The molecule has 0 N–H and O–H groups in total. The summed E-state index contributed by atoms with van der Waals surface area (Å²) in [5.41, 5.74) is -0.355. The minimum atomic E-state index is -0.355. The highest BCUT2D eigenvalue weighted by Crippen LogP contribution is 2.27. The Balaban J connectivity index is 2.57. The second-order valence-electron chi connectivity index (χ2n) is 5.04. The summed E-state index contributed by atoms with van der Waals surface area (Å²) in [4.78, 5) is 12.0. The number of ketones is 1. The third-order valence-electron chi connectivity index (χ3n) is 3.35. The van der Waals surface area contributed by atoms with Crippen molar-refractivity contribution >= 4 is 17.4 Å². The number of benzene rings is 1. The Morgan fingerprint density at radius 3 is 2.29 bits per heavy atom. The van der Waals surface area contributed by atoms with Crippen LogP contribution in [-0.4, -0.2) is 12.4 Å². The molecule has 1 aromatic carbocycles. The van der Waals surface area contributed by atoms with E-state index in [1.807, 2.05) is 27.7 Å². The number of rotatable bonds is 5. The van der Waals surface area contributed by atoms with Crippen molar-refractivity contribution in [1.82, 2.24) is 0 Å². The van der Waals surface area contributed by atoms with Crippen LogP contribution in [0, 0.1) is 11.3 Å². The van der Waals surface area contributed by atoms with Crippen molar-refractivity contribution in [2.24, 2.45) is 11.3 Å². The lowest BCUT2D eigenvalue weighted by Crippen LogP contribution is -2.33. The smallest absolute Gasteiger partial charge is 0.176 e. The highest BCUT2D eigenvalue weighted by molar-refractivity contribution is 6.30. The van der Waals surface area contributed by atoms with Crippen molar-refractivity contribution in [3.8, 4) is 5.75 Å². The Morgan fingerprint density at radius 2 is 1.82 bits per heavy atom. The fraction of sp³-hybridized carbons (Fsp3) is 0.500. The molecule has 0 bridgehead atoms. The summed E-state index contributed by atoms with van der Waals surface area (Å²) >= 11 is 5.77. The predicted molar refractivity (Wildman–Crippen MR) is 70.6 cm³/mol. The molecule has 2 nitrogen and oxygen atoms in total. The van der Waals surface area contributed by atoms with E-state index >= 15 is 0 Å². The number of Topliss-reactive ketones (excluding diaryl/α,β-unsaturated/α-hetero) is 1. The molecule has 0 atom stereocenters. The van der Waals surface area contributed by atoms with Crippen LogP contribution >= 0.6 is 11.6 Å². The van der Waals surface area contributed by atoms with Gasteiger partial charge in [-0.1, -0.05) is 39.3 Å². The van der Waals surface area contributed by atoms with Gasteiger partial charge in [-0.15, -0.1) is 0 Å². The van der Waals surface area contributed by atoms with Crippen LogP contribution in [0.3, 0.4) is 0 Å². The van der Waals surface area contributed by atoms with E-state index in [2.05, 4.69) is 0 Å². The van der Waals surface area contributed by atoms with Gasteiger partial charge in [0.05, 0.1) is 0 Å². The first-order valence-corrected chi connectivity index (χ1v) is 6.13. The zero-order chi connectivity index (χ0) is 13.1. The monoisotopic (exact) mass is 254 g/mol.